The summed E-state index contributed by atoms with van der Waals surface area (Å²) in [5.74, 6) is -0.174. The molecular weight excluding hydrogens is 346 g/mol. The minimum absolute atomic E-state index is 0.0518. The summed E-state index contributed by atoms with van der Waals surface area (Å²) in [4.78, 5) is 34.1. The van der Waals surface area contributed by atoms with E-state index in [-0.39, 0.29) is 24.0 Å². The van der Waals surface area contributed by atoms with Gasteiger partial charge in [-0.1, -0.05) is 18.2 Å². The molecule has 8 nitrogen and oxygen atoms in total. The lowest BCUT2D eigenvalue weighted by Gasteiger charge is -2.33. The third kappa shape index (κ3) is 4.29. The van der Waals surface area contributed by atoms with Crippen LogP contribution in [0.15, 0.2) is 42.6 Å². The summed E-state index contributed by atoms with van der Waals surface area (Å²) in [5, 5.41) is 11.5. The monoisotopic (exact) mass is 369 g/mol. The van der Waals surface area contributed by atoms with Crippen molar-refractivity contribution in [2.45, 2.75) is 6.92 Å². The summed E-state index contributed by atoms with van der Waals surface area (Å²) >= 11 is 0. The molecule has 0 N–H and O–H groups in total. The van der Waals surface area contributed by atoms with Crippen LogP contribution in [0.5, 0.6) is 0 Å². The number of piperazine rings is 1. The van der Waals surface area contributed by atoms with Crippen LogP contribution in [0.2, 0.25) is 0 Å². The summed E-state index contributed by atoms with van der Waals surface area (Å²) in [6.07, 6.45) is 1.47. The van der Waals surface area contributed by atoms with Crippen LogP contribution < -0.4 is 4.90 Å². The lowest BCUT2D eigenvalue weighted by molar-refractivity contribution is -0.384. The van der Waals surface area contributed by atoms with E-state index in [1.165, 1.54) is 23.2 Å². The van der Waals surface area contributed by atoms with Crippen LogP contribution in [0.1, 0.15) is 5.56 Å². The first-order valence-corrected chi connectivity index (χ1v) is 8.86. The van der Waals surface area contributed by atoms with E-state index in [4.69, 9.17) is 0 Å². The van der Waals surface area contributed by atoms with Crippen LogP contribution in [-0.4, -0.2) is 65.4 Å². The standard InChI is InChI=1S/C19H23N5O3/c1-15-6-3-4-7-16(15)23(19-17(24(26)27)8-5-9-20-19)18(25)14-22-12-10-21(2)11-13-22/h3-9H,10-14H2,1-2H3. The molecule has 0 atom stereocenters. The molecule has 0 unspecified atom stereocenters. The van der Waals surface area contributed by atoms with Gasteiger partial charge in [-0.05, 0) is 31.7 Å². The Hall–Kier alpha value is -2.84. The molecule has 1 fully saturated rings. The number of rotatable bonds is 5. The molecule has 0 aliphatic carbocycles. The van der Waals surface area contributed by atoms with Crippen molar-refractivity contribution in [2.24, 2.45) is 0 Å². The minimum Gasteiger partial charge on any atom is -0.304 e. The average molecular weight is 369 g/mol. The molecule has 0 bridgehead atoms. The van der Waals surface area contributed by atoms with Gasteiger partial charge in [0.1, 0.15) is 0 Å². The molecule has 142 valence electrons. The highest BCUT2D eigenvalue weighted by Gasteiger charge is 2.29. The number of nitro groups is 1. The number of carbonyl (C=O) groups excluding carboxylic acids is 1. The fourth-order valence-electron chi connectivity index (χ4n) is 3.15. The number of carbonyl (C=O) groups is 1. The van der Waals surface area contributed by atoms with E-state index in [9.17, 15) is 14.9 Å². The summed E-state index contributed by atoms with van der Waals surface area (Å²) in [5.41, 5.74) is 1.27. The van der Waals surface area contributed by atoms with Gasteiger partial charge in [0.2, 0.25) is 11.7 Å². The number of para-hydroxylation sites is 1. The molecule has 8 heteroatoms. The molecule has 2 heterocycles. The highest BCUT2D eigenvalue weighted by molar-refractivity contribution is 6.03. The van der Waals surface area contributed by atoms with Gasteiger partial charge < -0.3 is 4.90 Å². The Morgan fingerprint density at radius 3 is 2.56 bits per heavy atom. The van der Waals surface area contributed by atoms with Crippen molar-refractivity contribution in [3.63, 3.8) is 0 Å². The summed E-state index contributed by atoms with van der Waals surface area (Å²) in [6, 6.07) is 10.2. The number of anilines is 2. The number of nitrogens with zero attached hydrogens (tertiary/aromatic N) is 5. The Balaban J connectivity index is 1.97. The van der Waals surface area contributed by atoms with Crippen molar-refractivity contribution in [1.82, 2.24) is 14.8 Å². The zero-order valence-electron chi connectivity index (χ0n) is 15.5. The van der Waals surface area contributed by atoms with Gasteiger partial charge in [-0.25, -0.2) is 4.98 Å². The first-order chi connectivity index (χ1) is 13.0. The molecule has 3 rings (SSSR count). The van der Waals surface area contributed by atoms with E-state index in [2.05, 4.69) is 21.8 Å². The van der Waals surface area contributed by atoms with E-state index >= 15 is 0 Å². The van der Waals surface area contributed by atoms with E-state index in [0.717, 1.165) is 31.7 Å². The molecular formula is C19H23N5O3. The van der Waals surface area contributed by atoms with Gasteiger partial charge >= 0.3 is 5.69 Å². The molecule has 27 heavy (non-hydrogen) atoms. The zero-order chi connectivity index (χ0) is 19.4. The van der Waals surface area contributed by atoms with Gasteiger partial charge in [0.25, 0.3) is 0 Å². The van der Waals surface area contributed by atoms with Crippen LogP contribution in [-0.2, 0) is 4.79 Å². The van der Waals surface area contributed by atoms with Crippen LogP contribution in [0.3, 0.4) is 0 Å². The third-order valence-corrected chi connectivity index (χ3v) is 4.74. The minimum atomic E-state index is -0.503. The third-order valence-electron chi connectivity index (χ3n) is 4.74. The molecule has 0 spiro atoms. The number of amides is 1. The second kappa shape index (κ2) is 8.24. The van der Waals surface area contributed by atoms with E-state index < -0.39 is 4.92 Å². The smallest absolute Gasteiger partial charge is 0.304 e. The van der Waals surface area contributed by atoms with Crippen molar-refractivity contribution >= 4 is 23.1 Å². The molecule has 1 saturated heterocycles. The highest BCUT2D eigenvalue weighted by Crippen LogP contribution is 2.33. The first-order valence-electron chi connectivity index (χ1n) is 8.86. The molecule has 1 aliphatic rings. The SMILES string of the molecule is Cc1ccccc1N(C(=O)CN1CCN(C)CC1)c1ncccc1[N+](=O)[O-]. The Bertz CT molecular complexity index is 834. The number of hydrogen-bond acceptors (Lipinski definition) is 6. The number of aryl methyl sites for hydroxylation is 1. The number of pyridine rings is 1. The van der Waals surface area contributed by atoms with Crippen LogP contribution in [0, 0.1) is 17.0 Å². The average Bonchev–Trinajstić information content (AvgIpc) is 2.66. The number of benzene rings is 1. The number of aromatic nitrogens is 1. The number of likely N-dealkylation sites (N-methyl/N-ethyl adjacent to an activating group) is 1. The predicted molar refractivity (Wildman–Crippen MR) is 103 cm³/mol. The number of hydrogen-bond donors (Lipinski definition) is 0. The van der Waals surface area contributed by atoms with Crippen molar-refractivity contribution in [3.8, 4) is 0 Å². The van der Waals surface area contributed by atoms with Crippen molar-refractivity contribution in [3.05, 3.63) is 58.3 Å². The largest absolute Gasteiger partial charge is 0.312 e. The summed E-state index contributed by atoms with van der Waals surface area (Å²) in [7, 11) is 2.05. The Labute approximate surface area is 158 Å². The van der Waals surface area contributed by atoms with Gasteiger partial charge in [0.05, 0.1) is 17.2 Å². The molecule has 2 aromatic rings. The maximum atomic E-state index is 13.2. The topological polar surface area (TPSA) is 82.8 Å². The quantitative estimate of drug-likeness (QED) is 0.594. The second-order valence-corrected chi connectivity index (χ2v) is 6.70. The van der Waals surface area contributed by atoms with Crippen molar-refractivity contribution < 1.29 is 9.72 Å². The van der Waals surface area contributed by atoms with E-state index in [0.29, 0.717) is 5.69 Å². The highest BCUT2D eigenvalue weighted by atomic mass is 16.6. The Morgan fingerprint density at radius 1 is 1.19 bits per heavy atom. The fourth-order valence-corrected chi connectivity index (χ4v) is 3.15. The lowest BCUT2D eigenvalue weighted by atomic mass is 10.1. The van der Waals surface area contributed by atoms with Gasteiger partial charge in [-0.2, -0.15) is 0 Å². The summed E-state index contributed by atoms with van der Waals surface area (Å²) in [6.45, 7) is 5.42. The Kier molecular flexibility index (Phi) is 5.78. The molecule has 0 saturated carbocycles. The molecule has 1 aromatic carbocycles. The van der Waals surface area contributed by atoms with Gasteiger partial charge in [-0.3, -0.25) is 24.7 Å². The maximum Gasteiger partial charge on any atom is 0.312 e. The fraction of sp³-hybridized carbons (Fsp3) is 0.368. The van der Waals surface area contributed by atoms with Gasteiger partial charge in [-0.15, -0.1) is 0 Å². The van der Waals surface area contributed by atoms with E-state index in [1.54, 1.807) is 6.07 Å². The Morgan fingerprint density at radius 2 is 1.89 bits per heavy atom. The van der Waals surface area contributed by atoms with Gasteiger partial charge in [0.15, 0.2) is 0 Å². The predicted octanol–water partition coefficient (Wildman–Crippen LogP) is 2.21. The van der Waals surface area contributed by atoms with Crippen molar-refractivity contribution in [1.29, 1.82) is 0 Å². The molecule has 1 aliphatic heterocycles. The maximum absolute atomic E-state index is 13.2. The van der Waals surface area contributed by atoms with E-state index in [1.807, 2.05) is 25.1 Å². The second-order valence-electron chi connectivity index (χ2n) is 6.70. The normalized spacial score (nSPS) is 15.5. The molecule has 1 aromatic heterocycles. The summed E-state index contributed by atoms with van der Waals surface area (Å²) < 4.78 is 0. The zero-order valence-corrected chi connectivity index (χ0v) is 15.5. The van der Waals surface area contributed by atoms with Crippen molar-refractivity contribution in [2.75, 3.05) is 44.7 Å². The van der Waals surface area contributed by atoms with Crippen LogP contribution in [0.4, 0.5) is 17.2 Å². The first kappa shape index (κ1) is 18.9. The lowest BCUT2D eigenvalue weighted by Crippen LogP contribution is -2.48. The van der Waals surface area contributed by atoms with Crippen LogP contribution in [0.25, 0.3) is 0 Å². The molecule has 1 amide bonds. The molecule has 0 radical (unpaired) electrons. The van der Waals surface area contributed by atoms with Gasteiger partial charge in [0, 0.05) is 38.4 Å². The van der Waals surface area contributed by atoms with Crippen LogP contribution >= 0.6 is 0 Å².